The predicted molar refractivity (Wildman–Crippen MR) is 71.1 cm³/mol. The number of halogens is 3. The zero-order valence-corrected chi connectivity index (χ0v) is 12.4. The summed E-state index contributed by atoms with van der Waals surface area (Å²) in [5, 5.41) is 9.44. The minimum atomic E-state index is -6.08. The first-order chi connectivity index (χ1) is 11.0. The molecule has 0 aliphatic heterocycles. The minimum absolute atomic E-state index is 0.180. The third-order valence-electron chi connectivity index (χ3n) is 2.71. The topological polar surface area (TPSA) is 120 Å². The fourth-order valence-corrected chi connectivity index (χ4v) is 2.08. The average Bonchev–Trinajstić information content (AvgIpc) is 2.45. The van der Waals surface area contributed by atoms with Crippen LogP contribution in [-0.4, -0.2) is 32.1 Å². The average molecular weight is 368 g/mol. The number of benzene rings is 1. The van der Waals surface area contributed by atoms with Crippen LogP contribution in [0, 0.1) is 0 Å². The summed E-state index contributed by atoms with van der Waals surface area (Å²) in [6.45, 7) is 0. The number of hydrogen-bond donors (Lipinski definition) is 1. The number of rotatable bonds is 3. The van der Waals surface area contributed by atoms with E-state index in [0.717, 1.165) is 19.2 Å². The van der Waals surface area contributed by atoms with Crippen molar-refractivity contribution in [1.82, 2.24) is 0 Å². The van der Waals surface area contributed by atoms with Crippen molar-refractivity contribution in [3.05, 3.63) is 34.2 Å². The van der Waals surface area contributed by atoms with Gasteiger partial charge in [0.25, 0.3) is 0 Å². The number of alkyl halides is 3. The Morgan fingerprint density at radius 3 is 2.42 bits per heavy atom. The molecule has 0 saturated heterocycles. The molecule has 0 radical (unpaired) electrons. The highest BCUT2D eigenvalue weighted by molar-refractivity contribution is 7.88. The third kappa shape index (κ3) is 3.13. The Hall–Kier alpha value is -2.76. The smallest absolute Gasteiger partial charge is 0.507 e. The lowest BCUT2D eigenvalue weighted by Crippen LogP contribution is -2.29. The number of fused-ring (bicyclic) bond motifs is 1. The van der Waals surface area contributed by atoms with Crippen molar-refractivity contribution in [3.63, 3.8) is 0 Å². The van der Waals surface area contributed by atoms with Gasteiger partial charge in [0.05, 0.1) is 7.11 Å². The standard InChI is InChI=1S/C12H7F3O8S/c1-21-10(17)6-2-5-3-9(23-24(19,20)12(13,14)15)11(18)22-8(5)4-7(6)16/h2-4,16H,1H3. The van der Waals surface area contributed by atoms with Crippen LogP contribution in [0.1, 0.15) is 10.4 Å². The predicted octanol–water partition coefficient (Wildman–Crippen LogP) is 1.51. The molecule has 2 aromatic rings. The van der Waals surface area contributed by atoms with Crippen LogP contribution in [0.4, 0.5) is 13.2 Å². The van der Waals surface area contributed by atoms with Crippen molar-refractivity contribution < 1.29 is 44.8 Å². The summed E-state index contributed by atoms with van der Waals surface area (Å²) in [6.07, 6.45) is 0. The number of aromatic hydroxyl groups is 1. The number of phenols is 1. The van der Waals surface area contributed by atoms with E-state index in [9.17, 15) is 36.3 Å². The molecule has 12 heteroatoms. The number of hydrogen-bond acceptors (Lipinski definition) is 8. The van der Waals surface area contributed by atoms with Gasteiger partial charge in [0.2, 0.25) is 5.75 Å². The van der Waals surface area contributed by atoms with Crippen LogP contribution in [0.25, 0.3) is 11.0 Å². The second kappa shape index (κ2) is 5.70. The molecular weight excluding hydrogens is 361 g/mol. The second-order valence-electron chi connectivity index (χ2n) is 4.28. The molecule has 8 nitrogen and oxygen atoms in total. The molecule has 24 heavy (non-hydrogen) atoms. The van der Waals surface area contributed by atoms with Crippen LogP contribution < -0.4 is 9.81 Å². The number of methoxy groups -OCH3 is 1. The molecule has 0 fully saturated rings. The molecule has 2 rings (SSSR count). The Labute approximate surface area is 131 Å². The lowest BCUT2D eigenvalue weighted by molar-refractivity contribution is -0.0500. The van der Waals surface area contributed by atoms with Gasteiger partial charge in [-0.15, -0.1) is 0 Å². The van der Waals surface area contributed by atoms with Crippen LogP contribution in [0.15, 0.2) is 27.4 Å². The maximum absolute atomic E-state index is 12.3. The summed E-state index contributed by atoms with van der Waals surface area (Å²) in [4.78, 5) is 23.0. The van der Waals surface area contributed by atoms with Gasteiger partial charge in [0.15, 0.2) is 0 Å². The van der Waals surface area contributed by atoms with Crippen molar-refractivity contribution in [3.8, 4) is 11.5 Å². The summed E-state index contributed by atoms with van der Waals surface area (Å²) in [5.74, 6) is -2.86. The number of phenolic OH excluding ortho intramolecular Hbond substituents is 1. The van der Waals surface area contributed by atoms with Crippen molar-refractivity contribution in [2.75, 3.05) is 7.11 Å². The Morgan fingerprint density at radius 1 is 1.25 bits per heavy atom. The molecule has 0 aliphatic carbocycles. The van der Waals surface area contributed by atoms with Gasteiger partial charge in [-0.05, 0) is 6.07 Å². The number of esters is 1. The van der Waals surface area contributed by atoms with Crippen molar-refractivity contribution in [1.29, 1.82) is 0 Å². The molecule has 1 N–H and O–H groups in total. The normalized spacial score (nSPS) is 12.2. The van der Waals surface area contributed by atoms with E-state index < -0.39 is 38.7 Å². The number of carbonyl (C=O) groups is 1. The SMILES string of the molecule is COC(=O)c1cc2cc(OS(=O)(=O)C(F)(F)F)c(=O)oc2cc1O. The minimum Gasteiger partial charge on any atom is -0.507 e. The zero-order valence-electron chi connectivity index (χ0n) is 11.6. The van der Waals surface area contributed by atoms with Crippen LogP contribution in [0.5, 0.6) is 11.5 Å². The molecule has 130 valence electrons. The molecule has 0 bridgehead atoms. The van der Waals surface area contributed by atoms with E-state index in [-0.39, 0.29) is 16.5 Å². The zero-order chi connectivity index (χ0) is 18.3. The van der Waals surface area contributed by atoms with Crippen molar-refractivity contribution in [2.24, 2.45) is 0 Å². The largest absolute Gasteiger partial charge is 0.534 e. The first-order valence-electron chi connectivity index (χ1n) is 5.86. The van der Waals surface area contributed by atoms with E-state index in [1.54, 1.807) is 0 Å². The van der Waals surface area contributed by atoms with Gasteiger partial charge < -0.3 is 18.4 Å². The van der Waals surface area contributed by atoms with Gasteiger partial charge in [0.1, 0.15) is 16.9 Å². The first kappa shape index (κ1) is 17.6. The monoisotopic (exact) mass is 368 g/mol. The Balaban J connectivity index is 2.62. The van der Waals surface area contributed by atoms with Crippen LogP contribution >= 0.6 is 0 Å². The lowest BCUT2D eigenvalue weighted by Gasteiger charge is -2.09. The molecular formula is C12H7F3O8S. The van der Waals surface area contributed by atoms with Crippen LogP contribution in [0.2, 0.25) is 0 Å². The maximum Gasteiger partial charge on any atom is 0.534 e. The summed E-state index contributed by atoms with van der Waals surface area (Å²) < 4.78 is 71.4. The molecule has 1 heterocycles. The van der Waals surface area contributed by atoms with Gasteiger partial charge in [-0.1, -0.05) is 0 Å². The fraction of sp³-hybridized carbons (Fsp3) is 0.167. The van der Waals surface area contributed by atoms with E-state index in [1.807, 2.05) is 0 Å². The first-order valence-corrected chi connectivity index (χ1v) is 7.27. The molecule has 0 aliphatic rings. The summed E-state index contributed by atoms with van der Waals surface area (Å²) in [7, 11) is -5.07. The molecule has 1 aromatic heterocycles. The summed E-state index contributed by atoms with van der Waals surface area (Å²) in [5.41, 5.74) is -7.98. The van der Waals surface area contributed by atoms with Crippen LogP contribution in [-0.2, 0) is 14.9 Å². The highest BCUT2D eigenvalue weighted by atomic mass is 32.2. The van der Waals surface area contributed by atoms with Gasteiger partial charge in [-0.25, -0.2) is 9.59 Å². The van der Waals surface area contributed by atoms with E-state index in [4.69, 9.17) is 0 Å². The highest BCUT2D eigenvalue weighted by Crippen LogP contribution is 2.29. The Bertz CT molecular complexity index is 974. The lowest BCUT2D eigenvalue weighted by atomic mass is 10.1. The van der Waals surface area contributed by atoms with Crippen LogP contribution in [0.3, 0.4) is 0 Å². The number of carbonyl (C=O) groups excluding carboxylic acids is 1. The maximum atomic E-state index is 12.3. The molecule has 0 amide bonds. The Morgan fingerprint density at radius 2 is 1.88 bits per heavy atom. The van der Waals surface area contributed by atoms with E-state index in [2.05, 4.69) is 13.3 Å². The van der Waals surface area contributed by atoms with E-state index in [0.29, 0.717) is 6.07 Å². The summed E-state index contributed by atoms with van der Waals surface area (Å²) >= 11 is 0. The van der Waals surface area contributed by atoms with Gasteiger partial charge >= 0.3 is 27.2 Å². The van der Waals surface area contributed by atoms with Gasteiger partial charge in [-0.3, -0.25) is 0 Å². The fourth-order valence-electron chi connectivity index (χ4n) is 1.63. The molecule has 0 atom stereocenters. The quantitative estimate of drug-likeness (QED) is 0.375. The van der Waals surface area contributed by atoms with Crippen molar-refractivity contribution in [2.45, 2.75) is 5.51 Å². The highest BCUT2D eigenvalue weighted by Gasteiger charge is 2.49. The van der Waals surface area contributed by atoms with E-state index in [1.165, 1.54) is 0 Å². The van der Waals surface area contributed by atoms with Crippen molar-refractivity contribution >= 4 is 27.1 Å². The third-order valence-corrected chi connectivity index (χ3v) is 3.67. The second-order valence-corrected chi connectivity index (χ2v) is 5.82. The van der Waals surface area contributed by atoms with Gasteiger partial charge in [0, 0.05) is 17.5 Å². The molecule has 1 aromatic carbocycles. The van der Waals surface area contributed by atoms with E-state index >= 15 is 0 Å². The summed E-state index contributed by atoms with van der Waals surface area (Å²) in [6, 6.07) is 2.38. The number of ether oxygens (including phenoxy) is 1. The van der Waals surface area contributed by atoms with Gasteiger partial charge in [-0.2, -0.15) is 21.6 Å². The molecule has 0 saturated carbocycles. The Kier molecular flexibility index (Phi) is 4.18. The molecule has 0 spiro atoms. The molecule has 0 unspecified atom stereocenters.